The largest absolute Gasteiger partial charge is 0.497 e. The van der Waals surface area contributed by atoms with E-state index in [4.69, 9.17) is 9.47 Å². The Morgan fingerprint density at radius 1 is 0.844 bits per heavy atom. The van der Waals surface area contributed by atoms with Gasteiger partial charge in [-0.25, -0.2) is 4.98 Å². The third-order valence-corrected chi connectivity index (χ3v) is 5.31. The second-order valence-corrected chi connectivity index (χ2v) is 7.54. The average Bonchev–Trinajstić information content (AvgIpc) is 3.37. The molecule has 0 unspecified atom stereocenters. The Labute approximate surface area is 188 Å². The molecule has 0 radical (unpaired) electrons. The molecule has 32 heavy (non-hydrogen) atoms. The molecule has 0 spiro atoms. The molecule has 0 aliphatic carbocycles. The summed E-state index contributed by atoms with van der Waals surface area (Å²) in [5.41, 5.74) is 1.46. The van der Waals surface area contributed by atoms with Crippen molar-refractivity contribution in [3.8, 4) is 17.4 Å². The number of carbonyl (C=O) groups is 2. The molecule has 0 aliphatic rings. The molecule has 0 saturated heterocycles. The van der Waals surface area contributed by atoms with Crippen LogP contribution in [0.2, 0.25) is 0 Å². The molecule has 2 amide bonds. The SMILES string of the molecule is COc1ccc(Oc2ncccc2NC(=O)c2ccc(NC(=O)c3cccs3)cc2)cc1. The lowest BCUT2D eigenvalue weighted by atomic mass is 10.2. The second kappa shape index (κ2) is 9.76. The highest BCUT2D eigenvalue weighted by atomic mass is 32.1. The maximum absolute atomic E-state index is 12.7. The summed E-state index contributed by atoms with van der Waals surface area (Å²) in [5, 5.41) is 7.46. The molecule has 0 saturated carbocycles. The van der Waals surface area contributed by atoms with Crippen LogP contribution in [-0.4, -0.2) is 23.9 Å². The van der Waals surface area contributed by atoms with Gasteiger partial charge in [-0.3, -0.25) is 9.59 Å². The molecule has 7 nitrogen and oxygen atoms in total. The zero-order valence-corrected chi connectivity index (χ0v) is 17.9. The predicted octanol–water partition coefficient (Wildman–Crippen LogP) is 5.45. The molecule has 0 bridgehead atoms. The summed E-state index contributed by atoms with van der Waals surface area (Å²) >= 11 is 1.36. The molecule has 2 aromatic heterocycles. The molecule has 160 valence electrons. The summed E-state index contributed by atoms with van der Waals surface area (Å²) < 4.78 is 11.0. The smallest absolute Gasteiger partial charge is 0.265 e. The molecule has 4 rings (SSSR count). The first-order valence-corrected chi connectivity index (χ1v) is 10.5. The van der Waals surface area contributed by atoms with Gasteiger partial charge in [-0.1, -0.05) is 6.07 Å². The number of hydrogen-bond donors (Lipinski definition) is 2. The number of ether oxygens (including phenoxy) is 2. The number of rotatable bonds is 7. The quantitative estimate of drug-likeness (QED) is 0.395. The van der Waals surface area contributed by atoms with Crippen molar-refractivity contribution < 1.29 is 19.1 Å². The van der Waals surface area contributed by atoms with Crippen molar-refractivity contribution in [1.82, 2.24) is 4.98 Å². The number of thiophene rings is 1. The van der Waals surface area contributed by atoms with Crippen molar-refractivity contribution in [2.45, 2.75) is 0 Å². The van der Waals surface area contributed by atoms with E-state index in [2.05, 4.69) is 15.6 Å². The van der Waals surface area contributed by atoms with Crippen LogP contribution in [0.25, 0.3) is 0 Å². The van der Waals surface area contributed by atoms with Gasteiger partial charge < -0.3 is 20.1 Å². The van der Waals surface area contributed by atoms with Gasteiger partial charge in [0.25, 0.3) is 11.8 Å². The maximum Gasteiger partial charge on any atom is 0.265 e. The molecule has 0 fully saturated rings. The van der Waals surface area contributed by atoms with Crippen LogP contribution in [0.4, 0.5) is 11.4 Å². The molecule has 8 heteroatoms. The first-order chi connectivity index (χ1) is 15.6. The van der Waals surface area contributed by atoms with E-state index in [0.29, 0.717) is 33.3 Å². The van der Waals surface area contributed by atoms with Crippen molar-refractivity contribution in [2.24, 2.45) is 0 Å². The van der Waals surface area contributed by atoms with E-state index >= 15 is 0 Å². The van der Waals surface area contributed by atoms with Crippen molar-refractivity contribution >= 4 is 34.5 Å². The molecular weight excluding hydrogens is 426 g/mol. The Hall–Kier alpha value is -4.17. The fourth-order valence-corrected chi connectivity index (χ4v) is 3.44. The van der Waals surface area contributed by atoms with E-state index in [0.717, 1.165) is 0 Å². The number of hydrogen-bond acceptors (Lipinski definition) is 6. The Morgan fingerprint density at radius 2 is 1.59 bits per heavy atom. The van der Waals surface area contributed by atoms with Crippen LogP contribution in [0.3, 0.4) is 0 Å². The fraction of sp³-hybridized carbons (Fsp3) is 0.0417. The highest BCUT2D eigenvalue weighted by molar-refractivity contribution is 7.12. The lowest BCUT2D eigenvalue weighted by molar-refractivity contribution is 0.102. The highest BCUT2D eigenvalue weighted by Gasteiger charge is 2.13. The van der Waals surface area contributed by atoms with Gasteiger partial charge in [0.1, 0.15) is 17.2 Å². The van der Waals surface area contributed by atoms with E-state index in [9.17, 15) is 9.59 Å². The Morgan fingerprint density at radius 3 is 2.28 bits per heavy atom. The Kier molecular flexibility index (Phi) is 6.43. The predicted molar refractivity (Wildman–Crippen MR) is 124 cm³/mol. The highest BCUT2D eigenvalue weighted by Crippen LogP contribution is 2.28. The molecule has 4 aromatic rings. The minimum atomic E-state index is -0.325. The first-order valence-electron chi connectivity index (χ1n) is 9.65. The minimum Gasteiger partial charge on any atom is -0.497 e. The number of benzene rings is 2. The molecule has 2 aromatic carbocycles. The van der Waals surface area contributed by atoms with Crippen LogP contribution >= 0.6 is 11.3 Å². The number of anilines is 2. The molecule has 0 aliphatic heterocycles. The minimum absolute atomic E-state index is 0.187. The van der Waals surface area contributed by atoms with E-state index < -0.39 is 0 Å². The standard InChI is InChI=1S/C24H19N3O4S/c1-30-18-10-12-19(13-11-18)31-24-20(4-2-14-25-24)27-22(28)16-6-8-17(9-7-16)26-23(29)21-5-3-15-32-21/h2-15H,1H3,(H,26,29)(H,27,28). The third kappa shape index (κ3) is 5.11. The summed E-state index contributed by atoms with van der Waals surface area (Å²) in [4.78, 5) is 29.7. The number of carbonyl (C=O) groups excluding carboxylic acids is 2. The van der Waals surface area contributed by atoms with Crippen LogP contribution in [0.1, 0.15) is 20.0 Å². The number of pyridine rings is 1. The number of amides is 2. The van der Waals surface area contributed by atoms with Crippen LogP contribution in [0.5, 0.6) is 17.4 Å². The van der Waals surface area contributed by atoms with Gasteiger partial charge in [0.2, 0.25) is 5.88 Å². The second-order valence-electron chi connectivity index (χ2n) is 6.60. The van der Waals surface area contributed by atoms with Crippen molar-refractivity contribution in [3.63, 3.8) is 0 Å². The van der Waals surface area contributed by atoms with Gasteiger partial charge in [0.15, 0.2) is 0 Å². The molecule has 2 heterocycles. The Bertz CT molecular complexity index is 1210. The van der Waals surface area contributed by atoms with Gasteiger partial charge in [0.05, 0.1) is 12.0 Å². The summed E-state index contributed by atoms with van der Waals surface area (Å²) in [6.45, 7) is 0. The summed E-state index contributed by atoms with van der Waals surface area (Å²) in [7, 11) is 1.59. The van der Waals surface area contributed by atoms with E-state index in [1.807, 2.05) is 11.4 Å². The number of methoxy groups -OCH3 is 1. The van der Waals surface area contributed by atoms with Gasteiger partial charge in [-0.05, 0) is 72.1 Å². The first kappa shape index (κ1) is 21.1. The lowest BCUT2D eigenvalue weighted by Gasteiger charge is -2.12. The van der Waals surface area contributed by atoms with Gasteiger partial charge in [-0.15, -0.1) is 11.3 Å². The normalized spacial score (nSPS) is 10.3. The number of aromatic nitrogens is 1. The van der Waals surface area contributed by atoms with Crippen molar-refractivity contribution in [3.05, 3.63) is 94.8 Å². The number of nitrogens with zero attached hydrogens (tertiary/aromatic N) is 1. The maximum atomic E-state index is 12.7. The topological polar surface area (TPSA) is 89.6 Å². The van der Waals surface area contributed by atoms with Gasteiger partial charge >= 0.3 is 0 Å². The third-order valence-electron chi connectivity index (χ3n) is 4.44. The van der Waals surface area contributed by atoms with Crippen LogP contribution in [-0.2, 0) is 0 Å². The monoisotopic (exact) mass is 445 g/mol. The molecule has 2 N–H and O–H groups in total. The fourth-order valence-electron chi connectivity index (χ4n) is 2.82. The van der Waals surface area contributed by atoms with Crippen molar-refractivity contribution in [1.29, 1.82) is 0 Å². The molecule has 0 atom stereocenters. The number of nitrogens with one attached hydrogen (secondary N) is 2. The van der Waals surface area contributed by atoms with E-state index in [-0.39, 0.29) is 17.7 Å². The average molecular weight is 446 g/mol. The van der Waals surface area contributed by atoms with Crippen LogP contribution in [0, 0.1) is 0 Å². The Balaban J connectivity index is 1.43. The van der Waals surface area contributed by atoms with Crippen LogP contribution < -0.4 is 20.1 Å². The van der Waals surface area contributed by atoms with E-state index in [1.165, 1.54) is 11.3 Å². The van der Waals surface area contributed by atoms with E-state index in [1.54, 1.807) is 80.0 Å². The summed E-state index contributed by atoms with van der Waals surface area (Å²) in [5.74, 6) is 1.03. The van der Waals surface area contributed by atoms with Crippen LogP contribution in [0.15, 0.2) is 84.4 Å². The zero-order valence-electron chi connectivity index (χ0n) is 17.1. The summed E-state index contributed by atoms with van der Waals surface area (Å²) in [6.07, 6.45) is 1.58. The van der Waals surface area contributed by atoms with Gasteiger partial charge in [-0.2, -0.15) is 0 Å². The molecular formula is C24H19N3O4S. The lowest BCUT2D eigenvalue weighted by Crippen LogP contribution is -2.14. The zero-order chi connectivity index (χ0) is 22.3. The summed E-state index contributed by atoms with van der Waals surface area (Å²) in [6, 6.07) is 20.7. The van der Waals surface area contributed by atoms with Crippen molar-refractivity contribution in [2.75, 3.05) is 17.7 Å². The van der Waals surface area contributed by atoms with Gasteiger partial charge in [0, 0.05) is 17.4 Å².